The minimum atomic E-state index is -0.303. The van der Waals surface area contributed by atoms with Crippen LogP contribution in [0.4, 0.5) is 4.39 Å². The Morgan fingerprint density at radius 3 is 2.78 bits per heavy atom. The van der Waals surface area contributed by atoms with E-state index in [0.717, 1.165) is 36.3 Å². The lowest BCUT2D eigenvalue weighted by atomic mass is 10.1. The summed E-state index contributed by atoms with van der Waals surface area (Å²) in [6.45, 7) is 0.836. The number of hydrogen-bond acceptors (Lipinski definition) is 3. The number of carbonyl (C=O) groups is 1. The first-order valence-electron chi connectivity index (χ1n) is 9.18. The maximum Gasteiger partial charge on any atom is 0.227 e. The number of nitrogens with zero attached hydrogens (tertiary/aromatic N) is 3. The van der Waals surface area contributed by atoms with Crippen molar-refractivity contribution < 1.29 is 13.6 Å². The molecule has 0 atom stereocenters. The first-order chi connectivity index (χ1) is 13.1. The second-order valence-electron chi connectivity index (χ2n) is 6.98. The molecule has 1 amide bonds. The van der Waals surface area contributed by atoms with Gasteiger partial charge < -0.3 is 9.32 Å². The fourth-order valence-electron chi connectivity index (χ4n) is 3.72. The fourth-order valence-corrected chi connectivity index (χ4v) is 3.72. The van der Waals surface area contributed by atoms with Gasteiger partial charge in [-0.15, -0.1) is 0 Å². The molecule has 5 nitrogen and oxygen atoms in total. The number of benzene rings is 1. The molecule has 0 bridgehead atoms. The topological polar surface area (TPSA) is 51.3 Å². The van der Waals surface area contributed by atoms with Crippen LogP contribution in [0.3, 0.4) is 0 Å². The summed E-state index contributed by atoms with van der Waals surface area (Å²) in [4.78, 5) is 14.8. The molecule has 1 aliphatic carbocycles. The lowest BCUT2D eigenvalue weighted by Crippen LogP contribution is -2.31. The Bertz CT molecular complexity index is 929. The third kappa shape index (κ3) is 3.79. The first-order valence-corrected chi connectivity index (χ1v) is 9.18. The smallest absolute Gasteiger partial charge is 0.227 e. The highest BCUT2D eigenvalue weighted by atomic mass is 19.1. The summed E-state index contributed by atoms with van der Waals surface area (Å²) >= 11 is 0. The van der Waals surface area contributed by atoms with Gasteiger partial charge in [-0.3, -0.25) is 9.48 Å². The molecule has 1 aliphatic rings. The van der Waals surface area contributed by atoms with E-state index >= 15 is 0 Å². The molecular formula is C21H22FN3O2. The van der Waals surface area contributed by atoms with Crippen molar-refractivity contribution in [2.45, 2.75) is 38.8 Å². The van der Waals surface area contributed by atoms with Gasteiger partial charge in [0, 0.05) is 12.7 Å². The number of hydrogen-bond donors (Lipinski definition) is 0. The molecule has 2 aromatic heterocycles. The summed E-state index contributed by atoms with van der Waals surface area (Å²) in [5.74, 6) is 0.396. The SMILES string of the molecule is Cn1nc(CN(Cc2ccco2)C(=O)Cc2ccc(F)cc2)c2c1CCC2. The molecule has 0 fully saturated rings. The highest BCUT2D eigenvalue weighted by Gasteiger charge is 2.24. The normalized spacial score (nSPS) is 13.0. The van der Waals surface area contributed by atoms with Gasteiger partial charge >= 0.3 is 0 Å². The molecule has 0 saturated heterocycles. The van der Waals surface area contributed by atoms with Gasteiger partial charge in [0.15, 0.2) is 0 Å². The quantitative estimate of drug-likeness (QED) is 0.671. The zero-order valence-electron chi connectivity index (χ0n) is 15.3. The predicted molar refractivity (Wildman–Crippen MR) is 98.3 cm³/mol. The Balaban J connectivity index is 1.56. The molecule has 0 unspecified atom stereocenters. The number of aromatic nitrogens is 2. The predicted octanol–water partition coefficient (Wildman–Crippen LogP) is 3.41. The minimum absolute atomic E-state index is 0.0320. The van der Waals surface area contributed by atoms with Crippen LogP contribution in [-0.2, 0) is 44.2 Å². The van der Waals surface area contributed by atoms with Gasteiger partial charge in [0.05, 0.1) is 31.5 Å². The highest BCUT2D eigenvalue weighted by molar-refractivity contribution is 5.78. The van der Waals surface area contributed by atoms with Crippen LogP contribution >= 0.6 is 0 Å². The van der Waals surface area contributed by atoms with Crippen LogP contribution in [0.25, 0.3) is 0 Å². The number of furan rings is 1. The van der Waals surface area contributed by atoms with Gasteiger partial charge in [0.1, 0.15) is 11.6 Å². The van der Waals surface area contributed by atoms with Crippen LogP contribution in [0.1, 0.15) is 34.7 Å². The van der Waals surface area contributed by atoms with Crippen LogP contribution in [0.2, 0.25) is 0 Å². The second kappa shape index (κ2) is 7.39. The molecule has 0 saturated carbocycles. The summed E-state index contributed by atoms with van der Waals surface area (Å²) in [6, 6.07) is 9.74. The molecule has 140 valence electrons. The molecule has 0 radical (unpaired) electrons. The molecule has 0 spiro atoms. The van der Waals surface area contributed by atoms with Crippen molar-refractivity contribution in [3.05, 3.63) is 76.8 Å². The minimum Gasteiger partial charge on any atom is -0.467 e. The molecule has 27 heavy (non-hydrogen) atoms. The highest BCUT2D eigenvalue weighted by Crippen LogP contribution is 2.26. The molecule has 6 heteroatoms. The zero-order chi connectivity index (χ0) is 18.8. The number of halogens is 1. The first kappa shape index (κ1) is 17.5. The summed E-state index contributed by atoms with van der Waals surface area (Å²) in [6.07, 6.45) is 5.02. The van der Waals surface area contributed by atoms with Gasteiger partial charge in [0.2, 0.25) is 5.91 Å². The van der Waals surface area contributed by atoms with Crippen molar-refractivity contribution in [3.8, 4) is 0 Å². The van der Waals surface area contributed by atoms with E-state index in [-0.39, 0.29) is 18.1 Å². The standard InChI is InChI=1S/C21H22FN3O2/c1-24-20-6-2-5-18(20)19(23-24)14-25(13-17-4-3-11-27-17)21(26)12-15-7-9-16(22)10-8-15/h3-4,7-11H,2,5-6,12-14H2,1H3. The molecular weight excluding hydrogens is 345 g/mol. The Labute approximate surface area is 157 Å². The van der Waals surface area contributed by atoms with Crippen LogP contribution in [0.15, 0.2) is 47.1 Å². The molecule has 1 aromatic carbocycles. The monoisotopic (exact) mass is 367 g/mol. The van der Waals surface area contributed by atoms with Crippen LogP contribution in [-0.4, -0.2) is 20.6 Å². The number of amides is 1. The Kier molecular flexibility index (Phi) is 4.79. The van der Waals surface area contributed by atoms with Gasteiger partial charge in [0.25, 0.3) is 0 Å². The molecule has 0 aliphatic heterocycles. The molecule has 3 aromatic rings. The lowest BCUT2D eigenvalue weighted by molar-refractivity contribution is -0.132. The van der Waals surface area contributed by atoms with E-state index in [4.69, 9.17) is 4.42 Å². The van der Waals surface area contributed by atoms with Crippen LogP contribution < -0.4 is 0 Å². The summed E-state index contributed by atoms with van der Waals surface area (Å²) < 4.78 is 20.5. The van der Waals surface area contributed by atoms with Crippen molar-refractivity contribution in [3.63, 3.8) is 0 Å². The maximum absolute atomic E-state index is 13.1. The lowest BCUT2D eigenvalue weighted by Gasteiger charge is -2.21. The van der Waals surface area contributed by atoms with Gasteiger partial charge in [-0.2, -0.15) is 5.10 Å². The molecule has 4 rings (SSSR count). The Morgan fingerprint density at radius 1 is 1.22 bits per heavy atom. The molecule has 2 heterocycles. The van der Waals surface area contributed by atoms with Gasteiger partial charge in [-0.25, -0.2) is 4.39 Å². The third-order valence-electron chi connectivity index (χ3n) is 5.09. The summed E-state index contributed by atoms with van der Waals surface area (Å²) in [5, 5.41) is 4.64. The van der Waals surface area contributed by atoms with E-state index in [1.54, 1.807) is 23.3 Å². The second-order valence-corrected chi connectivity index (χ2v) is 6.98. The number of aryl methyl sites for hydroxylation is 1. The van der Waals surface area contributed by atoms with Gasteiger partial charge in [-0.05, 0) is 54.7 Å². The van der Waals surface area contributed by atoms with Crippen molar-refractivity contribution in [1.29, 1.82) is 0 Å². The van der Waals surface area contributed by atoms with Crippen molar-refractivity contribution in [1.82, 2.24) is 14.7 Å². The number of rotatable bonds is 6. The molecule has 0 N–H and O–H groups in total. The Hall–Kier alpha value is -2.89. The van der Waals surface area contributed by atoms with Crippen molar-refractivity contribution >= 4 is 5.91 Å². The largest absolute Gasteiger partial charge is 0.467 e. The van der Waals surface area contributed by atoms with Crippen LogP contribution in [0, 0.1) is 5.82 Å². The van der Waals surface area contributed by atoms with E-state index in [0.29, 0.717) is 13.1 Å². The van der Waals surface area contributed by atoms with Crippen molar-refractivity contribution in [2.75, 3.05) is 0 Å². The number of carbonyl (C=O) groups excluding carboxylic acids is 1. The van der Waals surface area contributed by atoms with Crippen LogP contribution in [0.5, 0.6) is 0 Å². The van der Waals surface area contributed by atoms with Gasteiger partial charge in [-0.1, -0.05) is 12.1 Å². The third-order valence-corrected chi connectivity index (χ3v) is 5.09. The van der Waals surface area contributed by atoms with E-state index in [2.05, 4.69) is 5.10 Å². The fraction of sp³-hybridized carbons (Fsp3) is 0.333. The number of fused-ring (bicyclic) bond motifs is 1. The average molecular weight is 367 g/mol. The Morgan fingerprint density at radius 2 is 2.04 bits per heavy atom. The average Bonchev–Trinajstić information content (AvgIpc) is 3.38. The summed E-state index contributed by atoms with van der Waals surface area (Å²) in [5.41, 5.74) is 4.30. The summed E-state index contributed by atoms with van der Waals surface area (Å²) in [7, 11) is 1.96. The van der Waals surface area contributed by atoms with E-state index in [1.807, 2.05) is 23.9 Å². The van der Waals surface area contributed by atoms with E-state index in [9.17, 15) is 9.18 Å². The van der Waals surface area contributed by atoms with E-state index in [1.165, 1.54) is 23.4 Å². The maximum atomic E-state index is 13.1. The van der Waals surface area contributed by atoms with E-state index < -0.39 is 0 Å². The van der Waals surface area contributed by atoms with Crippen molar-refractivity contribution in [2.24, 2.45) is 7.05 Å². The zero-order valence-corrected chi connectivity index (χ0v) is 15.3.